The van der Waals surface area contributed by atoms with Gasteiger partial charge in [0.1, 0.15) is 0 Å². The molecule has 2 aromatic heterocycles. The fraction of sp³-hybridized carbons (Fsp3) is 0.0182. The quantitative estimate of drug-likeness (QED) is 0.157. The van der Waals surface area contributed by atoms with Crippen molar-refractivity contribution in [1.82, 2.24) is 4.57 Å². The summed E-state index contributed by atoms with van der Waals surface area (Å²) in [4.78, 5) is 2.35. The largest absolute Gasteiger partial charge is 0.311 e. The summed E-state index contributed by atoms with van der Waals surface area (Å²) in [7, 11) is 0. The first kappa shape index (κ1) is 34.1. The number of benzene rings is 9. The highest BCUT2D eigenvalue weighted by Crippen LogP contribution is 2.41. The van der Waals surface area contributed by atoms with Crippen LogP contribution in [-0.2, 0) is 0 Å². The van der Waals surface area contributed by atoms with Gasteiger partial charge in [-0.15, -0.1) is 11.3 Å². The van der Waals surface area contributed by atoms with Gasteiger partial charge in [0.05, 0.1) is 11.0 Å². The van der Waals surface area contributed by atoms with Crippen LogP contribution in [0.25, 0.3) is 81.0 Å². The predicted molar refractivity (Wildman–Crippen MR) is 249 cm³/mol. The third-order valence-electron chi connectivity index (χ3n) is 11.5. The topological polar surface area (TPSA) is 8.17 Å². The number of rotatable bonds is 7. The Bertz CT molecular complexity index is 3170. The molecular weight excluding hydrogens is 721 g/mol. The van der Waals surface area contributed by atoms with E-state index in [9.17, 15) is 0 Å². The van der Waals surface area contributed by atoms with Crippen LogP contribution < -0.4 is 4.90 Å². The number of anilines is 3. The lowest BCUT2D eigenvalue weighted by Crippen LogP contribution is -2.09. The van der Waals surface area contributed by atoms with Crippen molar-refractivity contribution < 1.29 is 0 Å². The van der Waals surface area contributed by atoms with Crippen LogP contribution in [0.4, 0.5) is 17.1 Å². The van der Waals surface area contributed by atoms with Gasteiger partial charge in [0, 0.05) is 53.7 Å². The number of aromatic nitrogens is 1. The van der Waals surface area contributed by atoms with Crippen LogP contribution in [0.2, 0.25) is 0 Å². The van der Waals surface area contributed by atoms with E-state index in [2.05, 4.69) is 229 Å². The molecule has 58 heavy (non-hydrogen) atoms. The number of aryl methyl sites for hydroxylation is 1. The molecule has 11 rings (SSSR count). The van der Waals surface area contributed by atoms with E-state index in [0.29, 0.717) is 0 Å². The Labute approximate surface area is 342 Å². The molecule has 9 aromatic carbocycles. The van der Waals surface area contributed by atoms with Gasteiger partial charge in [0.25, 0.3) is 0 Å². The summed E-state index contributed by atoms with van der Waals surface area (Å²) in [6.07, 6.45) is 0. The monoisotopic (exact) mass is 758 g/mol. The molecule has 2 nitrogen and oxygen atoms in total. The molecule has 11 aromatic rings. The summed E-state index contributed by atoms with van der Waals surface area (Å²) >= 11 is 1.87. The van der Waals surface area contributed by atoms with Gasteiger partial charge in [-0.3, -0.25) is 0 Å². The number of hydrogen-bond acceptors (Lipinski definition) is 2. The number of para-hydroxylation sites is 1. The van der Waals surface area contributed by atoms with E-state index in [0.717, 1.165) is 17.1 Å². The minimum absolute atomic E-state index is 1.10. The molecule has 0 spiro atoms. The van der Waals surface area contributed by atoms with Crippen molar-refractivity contribution in [2.75, 3.05) is 4.90 Å². The zero-order chi connectivity index (χ0) is 38.6. The second-order valence-corrected chi connectivity index (χ2v) is 16.2. The Morgan fingerprint density at radius 3 is 1.41 bits per heavy atom. The molecule has 0 saturated heterocycles. The van der Waals surface area contributed by atoms with Gasteiger partial charge in [-0.25, -0.2) is 0 Å². The fourth-order valence-electron chi connectivity index (χ4n) is 8.57. The molecule has 274 valence electrons. The predicted octanol–water partition coefficient (Wildman–Crippen LogP) is 15.9. The zero-order valence-corrected chi connectivity index (χ0v) is 32.8. The Morgan fingerprint density at radius 2 is 0.810 bits per heavy atom. The van der Waals surface area contributed by atoms with Crippen molar-refractivity contribution >= 4 is 70.4 Å². The summed E-state index contributed by atoms with van der Waals surface area (Å²) in [5.41, 5.74) is 15.4. The molecule has 3 heteroatoms. The van der Waals surface area contributed by atoms with Crippen LogP contribution in [0.3, 0.4) is 0 Å². The van der Waals surface area contributed by atoms with E-state index < -0.39 is 0 Å². The van der Waals surface area contributed by atoms with Gasteiger partial charge in [-0.2, -0.15) is 0 Å². The normalized spacial score (nSPS) is 11.5. The van der Waals surface area contributed by atoms with E-state index in [4.69, 9.17) is 0 Å². The number of nitrogens with zero attached hydrogens (tertiary/aromatic N) is 2. The van der Waals surface area contributed by atoms with Crippen molar-refractivity contribution in [3.8, 4) is 39.1 Å². The molecule has 0 unspecified atom stereocenters. The van der Waals surface area contributed by atoms with Crippen LogP contribution in [0.15, 0.2) is 212 Å². The van der Waals surface area contributed by atoms with Crippen molar-refractivity contribution in [1.29, 1.82) is 0 Å². The fourth-order valence-corrected chi connectivity index (χ4v) is 9.63. The van der Waals surface area contributed by atoms with Gasteiger partial charge in [0.15, 0.2) is 0 Å². The maximum atomic E-state index is 2.43. The lowest BCUT2D eigenvalue weighted by molar-refractivity contribution is 1.19. The summed E-state index contributed by atoms with van der Waals surface area (Å²) in [5, 5.41) is 5.16. The van der Waals surface area contributed by atoms with Crippen LogP contribution >= 0.6 is 11.3 Å². The van der Waals surface area contributed by atoms with E-state index in [-0.39, 0.29) is 0 Å². The average molecular weight is 759 g/mol. The van der Waals surface area contributed by atoms with Gasteiger partial charge < -0.3 is 9.47 Å². The highest BCUT2D eigenvalue weighted by atomic mass is 32.1. The number of hydrogen-bond donors (Lipinski definition) is 0. The summed E-state index contributed by atoms with van der Waals surface area (Å²) in [6.45, 7) is 2.18. The maximum absolute atomic E-state index is 2.43. The molecule has 0 atom stereocenters. The minimum Gasteiger partial charge on any atom is -0.311 e. The molecule has 0 N–H and O–H groups in total. The second-order valence-electron chi connectivity index (χ2n) is 15.1. The summed E-state index contributed by atoms with van der Waals surface area (Å²) in [5.74, 6) is 0. The van der Waals surface area contributed by atoms with Gasteiger partial charge >= 0.3 is 0 Å². The van der Waals surface area contributed by atoms with E-state index in [1.165, 1.54) is 86.6 Å². The van der Waals surface area contributed by atoms with Crippen molar-refractivity contribution in [2.24, 2.45) is 0 Å². The second kappa shape index (κ2) is 14.1. The first-order chi connectivity index (χ1) is 28.6. The standard InChI is InChI=1S/C55H38N2S/c1-37-16-32-54-50(34-37)51-36-47(30-33-55(51)58-54)57-52-15-9-8-14-48(52)49-35-43(23-31-53(49)57)42-21-28-46(29-22-42)56(44-24-17-40(18-25-44)38-10-4-2-5-11-38)45-26-19-41(20-27-45)39-12-6-3-7-13-39/h2-36H,1H3. The molecule has 2 heterocycles. The molecule has 0 aliphatic heterocycles. The Hall–Kier alpha value is -7.20. The lowest BCUT2D eigenvalue weighted by atomic mass is 10.0. The summed E-state index contributed by atoms with van der Waals surface area (Å²) < 4.78 is 5.09. The maximum Gasteiger partial charge on any atom is 0.0541 e. The van der Waals surface area contributed by atoms with Crippen LogP contribution in [0.1, 0.15) is 5.56 Å². The highest BCUT2D eigenvalue weighted by Gasteiger charge is 2.17. The molecule has 0 aliphatic rings. The van der Waals surface area contributed by atoms with Crippen molar-refractivity contribution in [3.05, 3.63) is 218 Å². The van der Waals surface area contributed by atoms with Crippen LogP contribution in [0, 0.1) is 6.92 Å². The third-order valence-corrected chi connectivity index (χ3v) is 12.6. The smallest absolute Gasteiger partial charge is 0.0541 e. The Morgan fingerprint density at radius 1 is 0.345 bits per heavy atom. The molecule has 0 bridgehead atoms. The van der Waals surface area contributed by atoms with Crippen LogP contribution in [0.5, 0.6) is 0 Å². The van der Waals surface area contributed by atoms with E-state index in [1.807, 2.05) is 11.3 Å². The van der Waals surface area contributed by atoms with Crippen molar-refractivity contribution in [2.45, 2.75) is 6.92 Å². The van der Waals surface area contributed by atoms with Gasteiger partial charge in [-0.05, 0) is 125 Å². The molecule has 0 radical (unpaired) electrons. The molecule has 0 aliphatic carbocycles. The van der Waals surface area contributed by atoms with E-state index >= 15 is 0 Å². The van der Waals surface area contributed by atoms with Crippen molar-refractivity contribution in [3.63, 3.8) is 0 Å². The molecular formula is C55H38N2S. The van der Waals surface area contributed by atoms with Gasteiger partial charge in [-0.1, -0.05) is 133 Å². The van der Waals surface area contributed by atoms with Crippen LogP contribution in [-0.4, -0.2) is 4.57 Å². The van der Waals surface area contributed by atoms with Gasteiger partial charge in [0.2, 0.25) is 0 Å². The zero-order valence-electron chi connectivity index (χ0n) is 32.0. The number of fused-ring (bicyclic) bond motifs is 6. The first-order valence-electron chi connectivity index (χ1n) is 19.8. The Balaban J connectivity index is 0.976. The van der Waals surface area contributed by atoms with E-state index in [1.54, 1.807) is 0 Å². The SMILES string of the molecule is Cc1ccc2sc3ccc(-n4c5ccccc5c5cc(-c6ccc(N(c7ccc(-c8ccccc8)cc7)c7ccc(-c8ccccc8)cc7)cc6)ccc54)cc3c2c1. The highest BCUT2D eigenvalue weighted by molar-refractivity contribution is 7.25. The molecule has 0 fully saturated rings. The summed E-state index contributed by atoms with van der Waals surface area (Å²) in [6, 6.07) is 77.4. The third kappa shape index (κ3) is 5.96. The first-order valence-corrected chi connectivity index (χ1v) is 20.6. The lowest BCUT2D eigenvalue weighted by Gasteiger charge is -2.26. The average Bonchev–Trinajstić information content (AvgIpc) is 3.82. The number of thiophene rings is 1. The molecule has 0 saturated carbocycles. The molecule has 0 amide bonds. The minimum atomic E-state index is 1.10. The Kier molecular flexibility index (Phi) is 8.27.